The number of benzene rings is 1. The molecule has 1 aromatic rings. The van der Waals surface area contributed by atoms with Crippen molar-refractivity contribution in [2.24, 2.45) is 0 Å². The molecular weight excluding hydrogens is 242 g/mol. The lowest BCUT2D eigenvalue weighted by Gasteiger charge is -2.20. The number of carbonyl (C=O) groups is 1. The van der Waals surface area contributed by atoms with Gasteiger partial charge in [-0.15, -0.1) is 0 Å². The van der Waals surface area contributed by atoms with Gasteiger partial charge in [-0.1, -0.05) is 24.3 Å². The van der Waals surface area contributed by atoms with Gasteiger partial charge in [-0.2, -0.15) is 0 Å². The molecule has 2 N–H and O–H groups in total. The number of carboxylic acid groups (broad SMARTS) is 1. The van der Waals surface area contributed by atoms with E-state index >= 15 is 0 Å². The van der Waals surface area contributed by atoms with Crippen molar-refractivity contribution in [3.63, 3.8) is 0 Å². The van der Waals surface area contributed by atoms with Crippen LogP contribution in [-0.2, 0) is 11.3 Å². The number of carboxylic acids is 1. The van der Waals surface area contributed by atoms with E-state index in [0.29, 0.717) is 12.6 Å². The van der Waals surface area contributed by atoms with Crippen molar-refractivity contribution in [3.8, 4) is 0 Å². The fourth-order valence-corrected chi connectivity index (χ4v) is 2.16. The maximum Gasteiger partial charge on any atom is 0.328 e. The van der Waals surface area contributed by atoms with E-state index in [2.05, 4.69) is 4.90 Å². The van der Waals surface area contributed by atoms with Crippen molar-refractivity contribution in [2.45, 2.75) is 25.4 Å². The smallest absolute Gasteiger partial charge is 0.328 e. The van der Waals surface area contributed by atoms with Gasteiger partial charge in [0, 0.05) is 25.2 Å². The Morgan fingerprint density at radius 1 is 1.42 bits per heavy atom. The highest BCUT2D eigenvalue weighted by atomic mass is 16.4. The van der Waals surface area contributed by atoms with Gasteiger partial charge in [0.1, 0.15) is 0 Å². The van der Waals surface area contributed by atoms with Gasteiger partial charge in [0.2, 0.25) is 0 Å². The maximum absolute atomic E-state index is 10.5. The van der Waals surface area contributed by atoms with Gasteiger partial charge in [0.15, 0.2) is 0 Å². The Labute approximate surface area is 113 Å². The molecule has 1 aliphatic carbocycles. The molecule has 0 aliphatic heterocycles. The van der Waals surface area contributed by atoms with Crippen LogP contribution in [-0.4, -0.2) is 40.3 Å². The lowest BCUT2D eigenvalue weighted by atomic mass is 10.1. The third-order valence-corrected chi connectivity index (χ3v) is 3.21. The largest absolute Gasteiger partial charge is 0.478 e. The van der Waals surface area contributed by atoms with E-state index in [1.165, 1.54) is 12.8 Å². The summed E-state index contributed by atoms with van der Waals surface area (Å²) in [6, 6.07) is 8.44. The first-order chi connectivity index (χ1) is 9.19. The van der Waals surface area contributed by atoms with E-state index in [0.717, 1.165) is 23.7 Å². The Hall–Kier alpha value is -1.65. The van der Waals surface area contributed by atoms with Crippen LogP contribution in [0.3, 0.4) is 0 Å². The van der Waals surface area contributed by atoms with Crippen LogP contribution >= 0.6 is 0 Å². The van der Waals surface area contributed by atoms with Gasteiger partial charge in [-0.05, 0) is 30.0 Å². The van der Waals surface area contributed by atoms with E-state index in [1.807, 2.05) is 24.3 Å². The predicted molar refractivity (Wildman–Crippen MR) is 73.6 cm³/mol. The fraction of sp³-hybridized carbons (Fsp3) is 0.400. The second-order valence-electron chi connectivity index (χ2n) is 4.84. The Bertz CT molecular complexity index is 466. The first-order valence-corrected chi connectivity index (χ1v) is 6.54. The summed E-state index contributed by atoms with van der Waals surface area (Å²) in [5, 5.41) is 17.7. The molecule has 1 saturated carbocycles. The number of aliphatic hydroxyl groups excluding tert-OH is 1. The fourth-order valence-electron chi connectivity index (χ4n) is 2.16. The molecule has 0 bridgehead atoms. The monoisotopic (exact) mass is 261 g/mol. The summed E-state index contributed by atoms with van der Waals surface area (Å²) < 4.78 is 0. The summed E-state index contributed by atoms with van der Waals surface area (Å²) in [6.45, 7) is 1.68. The third-order valence-electron chi connectivity index (χ3n) is 3.21. The van der Waals surface area contributed by atoms with Crippen molar-refractivity contribution in [1.82, 2.24) is 4.90 Å². The number of rotatable bonds is 7. The molecule has 0 aromatic heterocycles. The van der Waals surface area contributed by atoms with Crippen LogP contribution in [0.2, 0.25) is 0 Å². The number of nitrogens with zero attached hydrogens (tertiary/aromatic N) is 1. The van der Waals surface area contributed by atoms with Crippen LogP contribution in [0.1, 0.15) is 24.0 Å². The molecule has 4 heteroatoms. The summed E-state index contributed by atoms with van der Waals surface area (Å²) >= 11 is 0. The van der Waals surface area contributed by atoms with Crippen molar-refractivity contribution in [3.05, 3.63) is 41.5 Å². The van der Waals surface area contributed by atoms with Crippen molar-refractivity contribution < 1.29 is 15.0 Å². The molecule has 102 valence electrons. The lowest BCUT2D eigenvalue weighted by Crippen LogP contribution is -2.28. The topological polar surface area (TPSA) is 60.8 Å². The summed E-state index contributed by atoms with van der Waals surface area (Å²) in [5.74, 6) is -0.940. The Morgan fingerprint density at radius 2 is 2.21 bits per heavy atom. The van der Waals surface area contributed by atoms with Crippen LogP contribution in [0.25, 0.3) is 6.08 Å². The van der Waals surface area contributed by atoms with E-state index in [-0.39, 0.29) is 6.61 Å². The van der Waals surface area contributed by atoms with E-state index < -0.39 is 5.97 Å². The van der Waals surface area contributed by atoms with Gasteiger partial charge in [0.05, 0.1) is 6.61 Å². The minimum absolute atomic E-state index is 0.176. The number of aliphatic carboxylic acids is 1. The highest BCUT2D eigenvalue weighted by Crippen LogP contribution is 2.28. The first-order valence-electron chi connectivity index (χ1n) is 6.54. The Morgan fingerprint density at radius 3 is 2.84 bits per heavy atom. The normalized spacial score (nSPS) is 15.3. The molecule has 1 fully saturated rings. The zero-order valence-electron chi connectivity index (χ0n) is 10.8. The standard InChI is InChI=1S/C15H19NO3/c17-9-8-16(14-5-6-14)11-13-3-1-2-12(10-13)4-7-15(18)19/h1-4,7,10,14,17H,5-6,8-9,11H2,(H,18,19)/b7-4+. The van der Waals surface area contributed by atoms with Crippen LogP contribution < -0.4 is 0 Å². The molecular formula is C15H19NO3. The molecule has 0 saturated heterocycles. The van der Waals surface area contributed by atoms with E-state index in [9.17, 15) is 4.79 Å². The Balaban J connectivity index is 2.03. The molecule has 1 aliphatic rings. The lowest BCUT2D eigenvalue weighted by molar-refractivity contribution is -0.131. The first kappa shape index (κ1) is 13.8. The zero-order valence-corrected chi connectivity index (χ0v) is 10.8. The van der Waals surface area contributed by atoms with Crippen molar-refractivity contribution >= 4 is 12.0 Å². The summed E-state index contributed by atoms with van der Waals surface area (Å²) in [7, 11) is 0. The third kappa shape index (κ3) is 4.50. The molecule has 0 spiro atoms. The number of aliphatic hydroxyl groups is 1. The Kier molecular flexibility index (Phi) is 4.71. The van der Waals surface area contributed by atoms with Gasteiger partial charge in [-0.3, -0.25) is 4.90 Å². The predicted octanol–water partition coefficient (Wildman–Crippen LogP) is 1.74. The molecule has 1 aromatic carbocycles. The van der Waals surface area contributed by atoms with E-state index in [1.54, 1.807) is 6.08 Å². The van der Waals surface area contributed by atoms with Gasteiger partial charge >= 0.3 is 5.97 Å². The van der Waals surface area contributed by atoms with Crippen LogP contribution in [0, 0.1) is 0 Å². The van der Waals surface area contributed by atoms with Gasteiger partial charge in [-0.25, -0.2) is 4.79 Å². The van der Waals surface area contributed by atoms with Gasteiger partial charge < -0.3 is 10.2 Å². The number of hydrogen-bond acceptors (Lipinski definition) is 3. The minimum atomic E-state index is -0.940. The van der Waals surface area contributed by atoms with Crippen molar-refractivity contribution in [1.29, 1.82) is 0 Å². The SMILES string of the molecule is O=C(O)/C=C/c1cccc(CN(CCO)C2CC2)c1. The zero-order chi connectivity index (χ0) is 13.7. The highest BCUT2D eigenvalue weighted by molar-refractivity contribution is 5.85. The molecule has 4 nitrogen and oxygen atoms in total. The van der Waals surface area contributed by atoms with Gasteiger partial charge in [0.25, 0.3) is 0 Å². The second kappa shape index (κ2) is 6.50. The van der Waals surface area contributed by atoms with Crippen LogP contribution in [0.15, 0.2) is 30.3 Å². The molecule has 19 heavy (non-hydrogen) atoms. The van der Waals surface area contributed by atoms with Crippen molar-refractivity contribution in [2.75, 3.05) is 13.2 Å². The molecule has 0 atom stereocenters. The van der Waals surface area contributed by atoms with Crippen LogP contribution in [0.4, 0.5) is 0 Å². The minimum Gasteiger partial charge on any atom is -0.478 e. The summed E-state index contributed by atoms with van der Waals surface area (Å²) in [4.78, 5) is 12.8. The average Bonchev–Trinajstić information content (AvgIpc) is 3.21. The summed E-state index contributed by atoms with van der Waals surface area (Å²) in [5.41, 5.74) is 2.03. The molecule has 0 radical (unpaired) electrons. The molecule has 0 heterocycles. The maximum atomic E-state index is 10.5. The highest BCUT2D eigenvalue weighted by Gasteiger charge is 2.28. The summed E-state index contributed by atoms with van der Waals surface area (Å²) in [6.07, 6.45) is 5.15. The number of hydrogen-bond donors (Lipinski definition) is 2. The second-order valence-corrected chi connectivity index (χ2v) is 4.84. The quantitative estimate of drug-likeness (QED) is 0.734. The molecule has 2 rings (SSSR count). The van der Waals surface area contributed by atoms with Crippen LogP contribution in [0.5, 0.6) is 0 Å². The average molecular weight is 261 g/mol. The molecule has 0 unspecified atom stereocenters. The van der Waals surface area contributed by atoms with E-state index in [4.69, 9.17) is 10.2 Å². The molecule has 0 amide bonds.